The SMILES string of the molecule is CCc1ccc(NS(=O)(=O)c2cc(-c3ccc(=O)[nH]n3)cc(C)c2C)cc1. The number of aryl methyl sites for hydroxylation is 2. The third-order valence-electron chi connectivity index (χ3n) is 4.50. The molecular weight excluding hydrogens is 362 g/mol. The summed E-state index contributed by atoms with van der Waals surface area (Å²) in [6.07, 6.45) is 0.888. The molecule has 3 rings (SSSR count). The number of H-pyrrole nitrogens is 1. The standard InChI is InChI=1S/C20H21N3O3S/c1-4-15-5-7-17(8-6-15)23-27(25,26)19-12-16(11-13(2)14(19)3)18-9-10-20(24)22-21-18/h5-12,23H,4H2,1-3H3,(H,22,24). The quantitative estimate of drug-likeness (QED) is 0.706. The molecule has 3 aromatic rings. The van der Waals surface area contributed by atoms with Crippen molar-refractivity contribution < 1.29 is 8.42 Å². The van der Waals surface area contributed by atoms with Gasteiger partial charge in [-0.2, -0.15) is 5.10 Å². The van der Waals surface area contributed by atoms with Crippen molar-refractivity contribution in [3.05, 3.63) is 75.6 Å². The summed E-state index contributed by atoms with van der Waals surface area (Å²) in [7, 11) is -3.77. The normalized spacial score (nSPS) is 11.4. The van der Waals surface area contributed by atoms with E-state index in [2.05, 4.69) is 14.9 Å². The molecule has 6 nitrogen and oxygen atoms in total. The number of hydrogen-bond donors (Lipinski definition) is 2. The summed E-state index contributed by atoms with van der Waals surface area (Å²) < 4.78 is 28.6. The third kappa shape index (κ3) is 4.09. The predicted molar refractivity (Wildman–Crippen MR) is 106 cm³/mol. The second-order valence-corrected chi connectivity index (χ2v) is 8.03. The molecule has 0 amide bonds. The lowest BCUT2D eigenvalue weighted by Crippen LogP contribution is -2.15. The van der Waals surface area contributed by atoms with Crippen LogP contribution >= 0.6 is 0 Å². The highest BCUT2D eigenvalue weighted by atomic mass is 32.2. The van der Waals surface area contributed by atoms with Gasteiger partial charge in [0.15, 0.2) is 0 Å². The molecule has 0 spiro atoms. The Labute approximate surface area is 158 Å². The van der Waals surface area contributed by atoms with Crippen LogP contribution in [-0.4, -0.2) is 18.6 Å². The molecule has 2 aromatic carbocycles. The fraction of sp³-hybridized carbons (Fsp3) is 0.200. The molecule has 7 heteroatoms. The van der Waals surface area contributed by atoms with Crippen LogP contribution in [0.4, 0.5) is 5.69 Å². The summed E-state index contributed by atoms with van der Waals surface area (Å²) in [5.74, 6) is 0. The Morgan fingerprint density at radius 1 is 1.04 bits per heavy atom. The van der Waals surface area contributed by atoms with Gasteiger partial charge in [0.1, 0.15) is 0 Å². The van der Waals surface area contributed by atoms with Crippen molar-refractivity contribution >= 4 is 15.7 Å². The lowest BCUT2D eigenvalue weighted by Gasteiger charge is -2.14. The van der Waals surface area contributed by atoms with Crippen LogP contribution in [0.5, 0.6) is 0 Å². The number of nitrogens with zero attached hydrogens (tertiary/aromatic N) is 1. The van der Waals surface area contributed by atoms with E-state index in [9.17, 15) is 13.2 Å². The van der Waals surface area contributed by atoms with E-state index in [1.807, 2.05) is 32.0 Å². The van der Waals surface area contributed by atoms with Gasteiger partial charge in [-0.15, -0.1) is 0 Å². The Morgan fingerprint density at radius 2 is 1.74 bits per heavy atom. The Morgan fingerprint density at radius 3 is 2.33 bits per heavy atom. The fourth-order valence-electron chi connectivity index (χ4n) is 2.78. The molecular formula is C20H21N3O3S. The molecule has 0 aliphatic carbocycles. The highest BCUT2D eigenvalue weighted by Crippen LogP contribution is 2.28. The van der Waals surface area contributed by atoms with E-state index in [-0.39, 0.29) is 10.5 Å². The molecule has 0 unspecified atom stereocenters. The fourth-order valence-corrected chi connectivity index (χ4v) is 4.18. The van der Waals surface area contributed by atoms with Crippen molar-refractivity contribution in [1.29, 1.82) is 0 Å². The summed E-state index contributed by atoms with van der Waals surface area (Å²) in [5.41, 5.74) is 3.95. The molecule has 0 aliphatic heterocycles. The van der Waals surface area contributed by atoms with Crippen LogP contribution in [0.1, 0.15) is 23.6 Å². The molecule has 0 fully saturated rings. The second kappa shape index (κ2) is 7.36. The Kier molecular flexibility index (Phi) is 5.14. The largest absolute Gasteiger partial charge is 0.280 e. The first-order chi connectivity index (χ1) is 12.8. The van der Waals surface area contributed by atoms with Gasteiger partial charge >= 0.3 is 0 Å². The molecule has 27 heavy (non-hydrogen) atoms. The van der Waals surface area contributed by atoms with Gasteiger partial charge < -0.3 is 0 Å². The summed E-state index contributed by atoms with van der Waals surface area (Å²) in [5, 5.41) is 6.36. The van der Waals surface area contributed by atoms with E-state index < -0.39 is 10.0 Å². The van der Waals surface area contributed by atoms with E-state index in [1.54, 1.807) is 31.2 Å². The zero-order chi connectivity index (χ0) is 19.6. The average molecular weight is 383 g/mol. The molecule has 1 aromatic heterocycles. The van der Waals surface area contributed by atoms with Gasteiger partial charge in [-0.1, -0.05) is 19.1 Å². The smallest absolute Gasteiger partial charge is 0.264 e. The van der Waals surface area contributed by atoms with Crippen LogP contribution in [0.15, 0.2) is 58.2 Å². The van der Waals surface area contributed by atoms with E-state index in [0.29, 0.717) is 22.5 Å². The van der Waals surface area contributed by atoms with Gasteiger partial charge in [-0.05, 0) is 67.3 Å². The lowest BCUT2D eigenvalue weighted by molar-refractivity contribution is 0.600. The Balaban J connectivity index is 2.03. The first-order valence-electron chi connectivity index (χ1n) is 8.59. The van der Waals surface area contributed by atoms with Crippen molar-refractivity contribution in [2.75, 3.05) is 4.72 Å². The molecule has 0 bridgehead atoms. The number of nitrogens with one attached hydrogen (secondary N) is 2. The van der Waals surface area contributed by atoms with Crippen molar-refractivity contribution in [3.63, 3.8) is 0 Å². The summed E-state index contributed by atoms with van der Waals surface area (Å²) in [4.78, 5) is 11.4. The summed E-state index contributed by atoms with van der Waals surface area (Å²) >= 11 is 0. The van der Waals surface area contributed by atoms with Gasteiger partial charge in [-0.3, -0.25) is 9.52 Å². The maximum atomic E-state index is 13.0. The lowest BCUT2D eigenvalue weighted by atomic mass is 10.0. The summed E-state index contributed by atoms with van der Waals surface area (Å²) in [6.45, 7) is 5.66. The zero-order valence-electron chi connectivity index (χ0n) is 15.4. The minimum Gasteiger partial charge on any atom is -0.280 e. The summed E-state index contributed by atoms with van der Waals surface area (Å²) in [6, 6.07) is 13.7. The van der Waals surface area contributed by atoms with Gasteiger partial charge in [0.05, 0.1) is 10.6 Å². The number of hydrogen-bond acceptors (Lipinski definition) is 4. The van der Waals surface area contributed by atoms with Gasteiger partial charge in [0.2, 0.25) is 0 Å². The second-order valence-electron chi connectivity index (χ2n) is 6.38. The molecule has 0 atom stereocenters. The number of sulfonamides is 1. The zero-order valence-corrected chi connectivity index (χ0v) is 16.2. The monoisotopic (exact) mass is 383 g/mol. The van der Waals surface area contributed by atoms with Crippen molar-refractivity contribution in [2.24, 2.45) is 0 Å². The van der Waals surface area contributed by atoms with E-state index in [1.165, 1.54) is 6.07 Å². The molecule has 0 saturated heterocycles. The predicted octanol–water partition coefficient (Wildman–Crippen LogP) is 3.42. The number of anilines is 1. The van der Waals surface area contributed by atoms with Crippen molar-refractivity contribution in [2.45, 2.75) is 32.1 Å². The van der Waals surface area contributed by atoms with Gasteiger partial charge in [0.25, 0.3) is 15.6 Å². The van der Waals surface area contributed by atoms with Crippen LogP contribution in [-0.2, 0) is 16.4 Å². The molecule has 140 valence electrons. The van der Waals surface area contributed by atoms with E-state index in [0.717, 1.165) is 17.5 Å². The maximum absolute atomic E-state index is 13.0. The first-order valence-corrected chi connectivity index (χ1v) is 10.1. The maximum Gasteiger partial charge on any atom is 0.264 e. The first kappa shape index (κ1) is 18.8. The molecule has 1 heterocycles. The number of rotatable bonds is 5. The van der Waals surface area contributed by atoms with E-state index in [4.69, 9.17) is 0 Å². The highest BCUT2D eigenvalue weighted by molar-refractivity contribution is 7.92. The highest BCUT2D eigenvalue weighted by Gasteiger charge is 2.20. The van der Waals surface area contributed by atoms with Crippen LogP contribution < -0.4 is 10.3 Å². The van der Waals surface area contributed by atoms with Gasteiger partial charge in [0, 0.05) is 17.3 Å². The topological polar surface area (TPSA) is 91.9 Å². The van der Waals surface area contributed by atoms with Crippen molar-refractivity contribution in [3.8, 4) is 11.3 Å². The van der Waals surface area contributed by atoms with E-state index >= 15 is 0 Å². The number of benzene rings is 2. The van der Waals surface area contributed by atoms with Crippen LogP contribution in [0.2, 0.25) is 0 Å². The third-order valence-corrected chi connectivity index (χ3v) is 6.01. The Bertz CT molecular complexity index is 1110. The average Bonchev–Trinajstić information content (AvgIpc) is 2.64. The number of aromatic nitrogens is 2. The molecule has 0 radical (unpaired) electrons. The van der Waals surface area contributed by atoms with Crippen LogP contribution in [0, 0.1) is 13.8 Å². The van der Waals surface area contributed by atoms with Crippen LogP contribution in [0.25, 0.3) is 11.3 Å². The molecule has 0 saturated carbocycles. The van der Waals surface area contributed by atoms with Gasteiger partial charge in [-0.25, -0.2) is 13.5 Å². The minimum absolute atomic E-state index is 0.185. The van der Waals surface area contributed by atoms with Crippen molar-refractivity contribution in [1.82, 2.24) is 10.2 Å². The number of aromatic amines is 1. The minimum atomic E-state index is -3.77. The van der Waals surface area contributed by atoms with Crippen LogP contribution in [0.3, 0.4) is 0 Å². The molecule has 2 N–H and O–H groups in total. The Hall–Kier alpha value is -2.93. The molecule has 0 aliphatic rings.